The molecule has 146 valence electrons. The lowest BCUT2D eigenvalue weighted by Crippen LogP contribution is -2.38. The molecule has 1 amide bonds. The largest absolute Gasteiger partial charge is 0.352 e. The molecule has 0 radical (unpaired) electrons. The molecule has 4 rings (SSSR count). The summed E-state index contributed by atoms with van der Waals surface area (Å²) >= 11 is 0. The summed E-state index contributed by atoms with van der Waals surface area (Å²) in [5, 5.41) is 4.39. The second-order valence-electron chi connectivity index (χ2n) is 8.10. The zero-order valence-corrected chi connectivity index (χ0v) is 16.8. The van der Waals surface area contributed by atoms with Gasteiger partial charge in [-0.25, -0.2) is 4.98 Å². The summed E-state index contributed by atoms with van der Waals surface area (Å²) in [6.45, 7) is 8.68. The summed E-state index contributed by atoms with van der Waals surface area (Å²) in [4.78, 5) is 22.4. The van der Waals surface area contributed by atoms with E-state index in [2.05, 4.69) is 64.4 Å². The van der Waals surface area contributed by atoms with Crippen molar-refractivity contribution in [3.63, 3.8) is 0 Å². The molecule has 3 heterocycles. The standard InChI is InChI=1S/C23H28N4O/c1-15(2)22-21(18-10-7-11-24-23(18)26-22)19-13-27(14-20(19)25-16(3)28)12-17-8-5-4-6-9-17/h4-11,15,19-20H,12-14H2,1-3H3,(H,24,26)(H,25,28)/t19-,20-/m0/s1. The maximum atomic E-state index is 11.9. The number of carbonyl (C=O) groups is 1. The third-order valence-electron chi connectivity index (χ3n) is 5.62. The Morgan fingerprint density at radius 2 is 2.00 bits per heavy atom. The minimum atomic E-state index is 0.0284. The van der Waals surface area contributed by atoms with Crippen molar-refractivity contribution in [1.82, 2.24) is 20.2 Å². The molecule has 2 aromatic heterocycles. The van der Waals surface area contributed by atoms with Crippen molar-refractivity contribution in [3.05, 3.63) is 65.5 Å². The summed E-state index contributed by atoms with van der Waals surface area (Å²) in [6.07, 6.45) is 1.83. The molecule has 0 bridgehead atoms. The van der Waals surface area contributed by atoms with Gasteiger partial charge in [-0.2, -0.15) is 0 Å². The quantitative estimate of drug-likeness (QED) is 0.712. The molecule has 1 aliphatic rings. The molecular formula is C23H28N4O. The Morgan fingerprint density at radius 3 is 2.71 bits per heavy atom. The summed E-state index contributed by atoms with van der Waals surface area (Å²) in [7, 11) is 0. The Morgan fingerprint density at radius 1 is 1.21 bits per heavy atom. The van der Waals surface area contributed by atoms with E-state index in [1.807, 2.05) is 18.3 Å². The number of pyridine rings is 1. The van der Waals surface area contributed by atoms with Gasteiger partial charge >= 0.3 is 0 Å². The van der Waals surface area contributed by atoms with Crippen LogP contribution >= 0.6 is 0 Å². The predicted molar refractivity (Wildman–Crippen MR) is 112 cm³/mol. The average Bonchev–Trinajstić information content (AvgIpc) is 3.23. The fourth-order valence-electron chi connectivity index (χ4n) is 4.47. The second-order valence-corrected chi connectivity index (χ2v) is 8.10. The minimum absolute atomic E-state index is 0.0284. The third kappa shape index (κ3) is 3.67. The molecular weight excluding hydrogens is 348 g/mol. The number of rotatable bonds is 5. The van der Waals surface area contributed by atoms with E-state index in [0.29, 0.717) is 5.92 Å². The van der Waals surface area contributed by atoms with Crippen molar-refractivity contribution in [1.29, 1.82) is 0 Å². The molecule has 3 aromatic rings. The molecule has 0 saturated carbocycles. The van der Waals surface area contributed by atoms with Crippen molar-refractivity contribution < 1.29 is 4.79 Å². The maximum absolute atomic E-state index is 11.9. The van der Waals surface area contributed by atoms with Gasteiger partial charge in [-0.05, 0) is 29.2 Å². The molecule has 2 atom stereocenters. The van der Waals surface area contributed by atoms with Crippen LogP contribution in [0.4, 0.5) is 0 Å². The van der Waals surface area contributed by atoms with Gasteiger partial charge in [0, 0.05) is 55.8 Å². The van der Waals surface area contributed by atoms with Crippen LogP contribution < -0.4 is 5.32 Å². The van der Waals surface area contributed by atoms with Crippen LogP contribution in [0.3, 0.4) is 0 Å². The van der Waals surface area contributed by atoms with Gasteiger partial charge in [0.1, 0.15) is 5.65 Å². The Balaban J connectivity index is 1.71. The fourth-order valence-corrected chi connectivity index (χ4v) is 4.47. The molecule has 1 fully saturated rings. The molecule has 0 unspecified atom stereocenters. The van der Waals surface area contributed by atoms with Gasteiger partial charge in [-0.15, -0.1) is 0 Å². The number of benzene rings is 1. The van der Waals surface area contributed by atoms with Crippen LogP contribution in [0.2, 0.25) is 0 Å². The molecule has 5 heteroatoms. The predicted octanol–water partition coefficient (Wildman–Crippen LogP) is 3.79. The zero-order chi connectivity index (χ0) is 19.7. The maximum Gasteiger partial charge on any atom is 0.217 e. The molecule has 5 nitrogen and oxygen atoms in total. The lowest BCUT2D eigenvalue weighted by Gasteiger charge is -2.21. The van der Waals surface area contributed by atoms with Crippen molar-refractivity contribution >= 4 is 16.9 Å². The van der Waals surface area contributed by atoms with Crippen molar-refractivity contribution in [2.45, 2.75) is 45.2 Å². The Kier molecular flexibility index (Phi) is 5.18. The third-order valence-corrected chi connectivity index (χ3v) is 5.62. The van der Waals surface area contributed by atoms with Crippen molar-refractivity contribution in [2.75, 3.05) is 13.1 Å². The Labute approximate surface area is 166 Å². The fraction of sp³-hybridized carbons (Fsp3) is 0.391. The average molecular weight is 377 g/mol. The minimum Gasteiger partial charge on any atom is -0.352 e. The van der Waals surface area contributed by atoms with Gasteiger partial charge in [0.05, 0.1) is 0 Å². The van der Waals surface area contributed by atoms with Gasteiger partial charge in [0.25, 0.3) is 0 Å². The van der Waals surface area contributed by atoms with Crippen LogP contribution in [-0.2, 0) is 11.3 Å². The SMILES string of the molecule is CC(=O)N[C@H]1CN(Cc2ccccc2)C[C@@H]1c1c(C(C)C)[nH]c2ncccc12. The first-order valence-electron chi connectivity index (χ1n) is 10.0. The van der Waals surface area contributed by atoms with Crippen molar-refractivity contribution in [2.24, 2.45) is 0 Å². The molecule has 0 aliphatic carbocycles. The van der Waals surface area contributed by atoms with Crippen molar-refractivity contribution in [3.8, 4) is 0 Å². The lowest BCUT2D eigenvalue weighted by molar-refractivity contribution is -0.119. The monoisotopic (exact) mass is 376 g/mol. The number of nitrogens with one attached hydrogen (secondary N) is 2. The van der Waals surface area contributed by atoms with E-state index in [0.717, 1.165) is 25.3 Å². The number of aromatic amines is 1. The normalized spacial score (nSPS) is 20.1. The number of carbonyl (C=O) groups excluding carboxylic acids is 1. The van der Waals surface area contributed by atoms with Crippen LogP contribution in [0.25, 0.3) is 11.0 Å². The van der Waals surface area contributed by atoms with Crippen LogP contribution in [0.5, 0.6) is 0 Å². The number of hydrogen-bond acceptors (Lipinski definition) is 3. The smallest absolute Gasteiger partial charge is 0.217 e. The summed E-state index contributed by atoms with van der Waals surface area (Å²) in [6, 6.07) is 14.8. The highest BCUT2D eigenvalue weighted by Gasteiger charge is 2.37. The molecule has 1 aliphatic heterocycles. The van der Waals surface area contributed by atoms with Gasteiger partial charge in [-0.3, -0.25) is 9.69 Å². The van der Waals surface area contributed by atoms with E-state index in [-0.39, 0.29) is 17.9 Å². The Hall–Kier alpha value is -2.66. The van der Waals surface area contributed by atoms with E-state index in [1.54, 1.807) is 6.92 Å². The van der Waals surface area contributed by atoms with E-state index in [1.165, 1.54) is 22.2 Å². The zero-order valence-electron chi connectivity index (χ0n) is 16.8. The van der Waals surface area contributed by atoms with Crippen LogP contribution in [0, 0.1) is 0 Å². The highest BCUT2D eigenvalue weighted by atomic mass is 16.1. The first kappa shape index (κ1) is 18.7. The lowest BCUT2D eigenvalue weighted by atomic mass is 9.89. The van der Waals surface area contributed by atoms with Crippen LogP contribution in [0.15, 0.2) is 48.7 Å². The summed E-state index contributed by atoms with van der Waals surface area (Å²) in [5.74, 6) is 0.633. The number of nitrogens with zero attached hydrogens (tertiary/aromatic N) is 2. The molecule has 0 spiro atoms. The highest BCUT2D eigenvalue weighted by molar-refractivity contribution is 5.83. The number of aromatic nitrogens is 2. The van der Waals surface area contributed by atoms with E-state index < -0.39 is 0 Å². The Bertz CT molecular complexity index is 963. The van der Waals surface area contributed by atoms with Gasteiger partial charge in [0.2, 0.25) is 5.91 Å². The van der Waals surface area contributed by atoms with E-state index >= 15 is 0 Å². The molecule has 1 aromatic carbocycles. The topological polar surface area (TPSA) is 61.0 Å². The molecule has 28 heavy (non-hydrogen) atoms. The van der Waals surface area contributed by atoms with Gasteiger partial charge in [-0.1, -0.05) is 44.2 Å². The number of H-pyrrole nitrogens is 1. The number of hydrogen-bond donors (Lipinski definition) is 2. The van der Waals surface area contributed by atoms with E-state index in [9.17, 15) is 4.79 Å². The molecule has 1 saturated heterocycles. The summed E-state index contributed by atoms with van der Waals surface area (Å²) < 4.78 is 0. The van der Waals surface area contributed by atoms with E-state index in [4.69, 9.17) is 0 Å². The number of amides is 1. The van der Waals surface area contributed by atoms with Gasteiger partial charge < -0.3 is 10.3 Å². The summed E-state index contributed by atoms with van der Waals surface area (Å²) in [5.41, 5.74) is 4.78. The number of likely N-dealkylation sites (tertiary alicyclic amines) is 1. The second kappa shape index (κ2) is 7.76. The molecule has 2 N–H and O–H groups in total. The highest BCUT2D eigenvalue weighted by Crippen LogP contribution is 2.38. The van der Waals surface area contributed by atoms with Gasteiger partial charge in [0.15, 0.2) is 0 Å². The van der Waals surface area contributed by atoms with Crippen LogP contribution in [-0.4, -0.2) is 39.9 Å². The number of fused-ring (bicyclic) bond motifs is 1. The first-order chi connectivity index (χ1) is 13.5. The first-order valence-corrected chi connectivity index (χ1v) is 10.0. The van der Waals surface area contributed by atoms with Crippen LogP contribution in [0.1, 0.15) is 49.4 Å².